The normalized spacial score (nSPS) is 19.5. The van der Waals surface area contributed by atoms with Gasteiger partial charge in [-0.3, -0.25) is 0 Å². The summed E-state index contributed by atoms with van der Waals surface area (Å²) in [6, 6.07) is 3.78. The molecule has 0 nitrogen and oxygen atoms in total. The summed E-state index contributed by atoms with van der Waals surface area (Å²) in [6.45, 7) is 4.42. The number of halogens is 3. The topological polar surface area (TPSA) is 0 Å². The molecular weight excluding hydrogens is 278 g/mol. The van der Waals surface area contributed by atoms with Crippen molar-refractivity contribution in [2.75, 3.05) is 0 Å². The standard InChI is InChI=1S/C17H23ClF2/c1-12(2)11-17(7-3-4-8-17)16(18)9-13-5-6-14(19)10-15(13)20/h5-6,10,12,16H,3-4,7-9,11H2,1-2H3. The zero-order valence-electron chi connectivity index (χ0n) is 12.3. The Morgan fingerprint density at radius 3 is 2.40 bits per heavy atom. The van der Waals surface area contributed by atoms with Crippen LogP contribution in [0.25, 0.3) is 0 Å². The molecule has 1 aromatic carbocycles. The molecule has 112 valence electrons. The maximum atomic E-state index is 13.8. The first-order chi connectivity index (χ1) is 9.43. The molecule has 0 aliphatic heterocycles. The second-order valence-electron chi connectivity index (χ2n) is 6.57. The smallest absolute Gasteiger partial charge is 0.129 e. The maximum Gasteiger partial charge on any atom is 0.129 e. The Hall–Kier alpha value is -0.630. The third-order valence-corrected chi connectivity index (χ3v) is 5.11. The minimum Gasteiger partial charge on any atom is -0.207 e. The zero-order valence-corrected chi connectivity index (χ0v) is 13.0. The summed E-state index contributed by atoms with van der Waals surface area (Å²) in [5.74, 6) is -0.420. The van der Waals surface area contributed by atoms with E-state index in [1.807, 2.05) is 0 Å². The SMILES string of the molecule is CC(C)CC1(C(Cl)Cc2ccc(F)cc2F)CCCC1. The van der Waals surface area contributed by atoms with Crippen molar-refractivity contribution in [3.8, 4) is 0 Å². The third kappa shape index (κ3) is 3.52. The largest absolute Gasteiger partial charge is 0.207 e. The van der Waals surface area contributed by atoms with Gasteiger partial charge in [0.2, 0.25) is 0 Å². The summed E-state index contributed by atoms with van der Waals surface area (Å²) in [5.41, 5.74) is 0.651. The summed E-state index contributed by atoms with van der Waals surface area (Å²) < 4.78 is 26.7. The highest BCUT2D eigenvalue weighted by Crippen LogP contribution is 2.48. The minimum atomic E-state index is -0.532. The fourth-order valence-electron chi connectivity index (χ4n) is 3.63. The molecule has 0 aromatic heterocycles. The molecule has 0 spiro atoms. The van der Waals surface area contributed by atoms with Gasteiger partial charge in [0.05, 0.1) is 0 Å². The molecule has 1 aliphatic rings. The van der Waals surface area contributed by atoms with Gasteiger partial charge < -0.3 is 0 Å². The van der Waals surface area contributed by atoms with Crippen LogP contribution in [0.5, 0.6) is 0 Å². The summed E-state index contributed by atoms with van der Waals surface area (Å²) >= 11 is 6.67. The van der Waals surface area contributed by atoms with Gasteiger partial charge in [0.15, 0.2) is 0 Å². The summed E-state index contributed by atoms with van der Waals surface area (Å²) in [5, 5.41) is -0.0765. The number of hydrogen-bond donors (Lipinski definition) is 0. The molecule has 0 heterocycles. The molecule has 0 saturated heterocycles. The van der Waals surface area contributed by atoms with E-state index in [2.05, 4.69) is 13.8 Å². The van der Waals surface area contributed by atoms with E-state index in [1.165, 1.54) is 25.0 Å². The summed E-state index contributed by atoms with van der Waals surface area (Å²) in [4.78, 5) is 0. The van der Waals surface area contributed by atoms with Gasteiger partial charge in [-0.25, -0.2) is 8.78 Å². The average Bonchev–Trinajstić information content (AvgIpc) is 2.81. The van der Waals surface area contributed by atoms with Gasteiger partial charge in [0.25, 0.3) is 0 Å². The second-order valence-corrected chi connectivity index (χ2v) is 7.10. The van der Waals surface area contributed by atoms with Gasteiger partial charge in [0.1, 0.15) is 11.6 Å². The molecular formula is C17H23ClF2. The van der Waals surface area contributed by atoms with Crippen molar-refractivity contribution in [2.24, 2.45) is 11.3 Å². The van der Waals surface area contributed by atoms with E-state index in [0.717, 1.165) is 25.3 Å². The Bertz CT molecular complexity index is 450. The molecule has 1 unspecified atom stereocenters. The van der Waals surface area contributed by atoms with Crippen molar-refractivity contribution >= 4 is 11.6 Å². The first kappa shape index (κ1) is 15.8. The molecule has 1 atom stereocenters. The number of rotatable bonds is 5. The molecule has 0 amide bonds. The van der Waals surface area contributed by atoms with Crippen molar-refractivity contribution < 1.29 is 8.78 Å². The quantitative estimate of drug-likeness (QED) is 0.610. The van der Waals surface area contributed by atoms with Gasteiger partial charge in [-0.05, 0) is 48.6 Å². The molecule has 1 aromatic rings. The van der Waals surface area contributed by atoms with Crippen LogP contribution < -0.4 is 0 Å². The molecule has 3 heteroatoms. The number of benzene rings is 1. The fraction of sp³-hybridized carbons (Fsp3) is 0.647. The van der Waals surface area contributed by atoms with Crippen LogP contribution in [-0.4, -0.2) is 5.38 Å². The lowest BCUT2D eigenvalue weighted by atomic mass is 9.74. The van der Waals surface area contributed by atoms with Gasteiger partial charge in [-0.2, -0.15) is 0 Å². The van der Waals surface area contributed by atoms with E-state index >= 15 is 0 Å². The monoisotopic (exact) mass is 300 g/mol. The van der Waals surface area contributed by atoms with E-state index in [4.69, 9.17) is 11.6 Å². The predicted molar refractivity (Wildman–Crippen MR) is 80.1 cm³/mol. The predicted octanol–water partition coefficient (Wildman–Crippen LogP) is 5.72. The average molecular weight is 301 g/mol. The van der Waals surface area contributed by atoms with Crippen LogP contribution in [-0.2, 0) is 6.42 Å². The molecule has 1 fully saturated rings. The van der Waals surface area contributed by atoms with Gasteiger partial charge >= 0.3 is 0 Å². The van der Waals surface area contributed by atoms with Crippen LogP contribution in [0.15, 0.2) is 18.2 Å². The van der Waals surface area contributed by atoms with Crippen molar-refractivity contribution in [1.29, 1.82) is 0 Å². The zero-order chi connectivity index (χ0) is 14.8. The highest BCUT2D eigenvalue weighted by Gasteiger charge is 2.40. The van der Waals surface area contributed by atoms with Crippen molar-refractivity contribution in [3.63, 3.8) is 0 Å². The van der Waals surface area contributed by atoms with E-state index in [9.17, 15) is 8.78 Å². The van der Waals surface area contributed by atoms with Crippen LogP contribution in [0.4, 0.5) is 8.78 Å². The molecule has 20 heavy (non-hydrogen) atoms. The van der Waals surface area contributed by atoms with Crippen molar-refractivity contribution in [2.45, 2.75) is 57.7 Å². The van der Waals surface area contributed by atoms with Crippen molar-refractivity contribution in [1.82, 2.24) is 0 Å². The van der Waals surface area contributed by atoms with Gasteiger partial charge in [-0.1, -0.05) is 32.8 Å². The van der Waals surface area contributed by atoms with Crippen LogP contribution in [0.3, 0.4) is 0 Å². The number of alkyl halides is 1. The molecule has 1 aliphatic carbocycles. The van der Waals surface area contributed by atoms with Crippen LogP contribution >= 0.6 is 11.6 Å². The molecule has 0 bridgehead atoms. The fourth-order valence-corrected chi connectivity index (χ4v) is 4.11. The van der Waals surface area contributed by atoms with Gasteiger partial charge in [-0.15, -0.1) is 11.6 Å². The molecule has 0 N–H and O–H groups in total. The van der Waals surface area contributed by atoms with Gasteiger partial charge in [0, 0.05) is 11.4 Å². The molecule has 0 radical (unpaired) electrons. The van der Waals surface area contributed by atoms with Crippen LogP contribution in [0, 0.1) is 23.0 Å². The summed E-state index contributed by atoms with van der Waals surface area (Å²) in [6.07, 6.45) is 6.25. The molecule has 1 saturated carbocycles. The maximum absolute atomic E-state index is 13.8. The Labute approximate surface area is 125 Å². The first-order valence-electron chi connectivity index (χ1n) is 7.51. The Morgan fingerprint density at radius 1 is 1.20 bits per heavy atom. The van der Waals surface area contributed by atoms with E-state index in [1.54, 1.807) is 0 Å². The number of hydrogen-bond acceptors (Lipinski definition) is 0. The highest BCUT2D eigenvalue weighted by atomic mass is 35.5. The Morgan fingerprint density at radius 2 is 1.85 bits per heavy atom. The van der Waals surface area contributed by atoms with Crippen molar-refractivity contribution in [3.05, 3.63) is 35.4 Å². The lowest BCUT2D eigenvalue weighted by Crippen LogP contribution is -2.32. The third-order valence-electron chi connectivity index (χ3n) is 4.49. The lowest BCUT2D eigenvalue weighted by molar-refractivity contribution is 0.220. The van der Waals surface area contributed by atoms with E-state index < -0.39 is 11.6 Å². The van der Waals surface area contributed by atoms with Crippen LogP contribution in [0.1, 0.15) is 51.5 Å². The van der Waals surface area contributed by atoms with Crippen LogP contribution in [0.2, 0.25) is 0 Å². The molecule has 2 rings (SSSR count). The minimum absolute atomic E-state index is 0.0765. The summed E-state index contributed by atoms with van der Waals surface area (Å²) in [7, 11) is 0. The highest BCUT2D eigenvalue weighted by molar-refractivity contribution is 6.21. The Balaban J connectivity index is 2.14. The van der Waals surface area contributed by atoms with E-state index in [0.29, 0.717) is 17.9 Å². The second kappa shape index (κ2) is 6.43. The lowest BCUT2D eigenvalue weighted by Gasteiger charge is -2.36. The van der Waals surface area contributed by atoms with E-state index in [-0.39, 0.29) is 10.8 Å². The first-order valence-corrected chi connectivity index (χ1v) is 7.94. The Kier molecular flexibility index (Phi) is 5.06.